The molecule has 0 aromatic heterocycles. The van der Waals surface area contributed by atoms with Crippen molar-refractivity contribution in [2.24, 2.45) is 0 Å². The fraction of sp³-hybridized carbons (Fsp3) is 0.182. The van der Waals surface area contributed by atoms with Crippen LogP contribution in [0.1, 0.15) is 22.3 Å². The van der Waals surface area contributed by atoms with Crippen LogP contribution in [0.15, 0.2) is 59.5 Å². The molecule has 0 fully saturated rings. The van der Waals surface area contributed by atoms with Crippen molar-refractivity contribution in [3.8, 4) is 22.3 Å². The molecule has 0 bridgehead atoms. The van der Waals surface area contributed by atoms with E-state index in [0.717, 1.165) is 12.0 Å². The largest absolute Gasteiger partial charge is 0.224 e. The Kier molecular flexibility index (Phi) is 3.58. The minimum absolute atomic E-state index is 0.362. The Morgan fingerprint density at radius 2 is 1.56 bits per heavy atom. The smallest absolute Gasteiger partial charge is 0.175 e. The fourth-order valence-electron chi connectivity index (χ4n) is 3.78. The SMILES string of the molecule is Cc1cc2c(c(-c3ccc(S(C)(=O)=O)cc3)c1C)Cc1ccccc1-2. The molecule has 1 aliphatic carbocycles. The minimum atomic E-state index is -3.18. The summed E-state index contributed by atoms with van der Waals surface area (Å²) in [6.07, 6.45) is 2.17. The molecule has 2 nitrogen and oxygen atoms in total. The van der Waals surface area contributed by atoms with E-state index in [0.29, 0.717) is 4.90 Å². The molecule has 0 radical (unpaired) electrons. The molecule has 0 N–H and O–H groups in total. The first kappa shape index (κ1) is 16.1. The van der Waals surface area contributed by atoms with Crippen molar-refractivity contribution in [1.29, 1.82) is 0 Å². The highest BCUT2D eigenvalue weighted by Gasteiger charge is 2.24. The molecule has 3 aromatic rings. The summed E-state index contributed by atoms with van der Waals surface area (Å²) in [4.78, 5) is 0.362. The summed E-state index contributed by atoms with van der Waals surface area (Å²) in [5.41, 5.74) is 10.2. The Balaban J connectivity index is 1.93. The third kappa shape index (κ3) is 2.59. The Bertz CT molecular complexity index is 1090. The molecule has 4 rings (SSSR count). The van der Waals surface area contributed by atoms with Crippen LogP contribution < -0.4 is 0 Å². The second-order valence-corrected chi connectivity index (χ2v) is 8.87. The molecule has 0 atom stereocenters. The average Bonchev–Trinajstić information content (AvgIpc) is 2.93. The maximum Gasteiger partial charge on any atom is 0.175 e. The van der Waals surface area contributed by atoms with Gasteiger partial charge in [0.1, 0.15) is 0 Å². The van der Waals surface area contributed by atoms with Crippen LogP contribution in [0.4, 0.5) is 0 Å². The summed E-state index contributed by atoms with van der Waals surface area (Å²) in [7, 11) is -3.18. The van der Waals surface area contributed by atoms with Crippen molar-refractivity contribution < 1.29 is 8.42 Å². The van der Waals surface area contributed by atoms with Gasteiger partial charge in [-0.25, -0.2) is 8.42 Å². The Labute approximate surface area is 149 Å². The van der Waals surface area contributed by atoms with Gasteiger partial charge in [-0.15, -0.1) is 0 Å². The summed E-state index contributed by atoms with van der Waals surface area (Å²) < 4.78 is 23.5. The van der Waals surface area contributed by atoms with Crippen molar-refractivity contribution in [2.75, 3.05) is 6.26 Å². The molecular weight excluding hydrogens is 328 g/mol. The van der Waals surface area contributed by atoms with Gasteiger partial charge in [-0.05, 0) is 76.9 Å². The van der Waals surface area contributed by atoms with E-state index in [-0.39, 0.29) is 0 Å². The third-order valence-electron chi connectivity index (χ3n) is 5.20. The summed E-state index contributed by atoms with van der Waals surface area (Å²) in [6.45, 7) is 4.29. The lowest BCUT2D eigenvalue weighted by atomic mass is 9.89. The molecule has 0 unspecified atom stereocenters. The number of benzene rings is 3. The van der Waals surface area contributed by atoms with Crippen LogP contribution in [0.25, 0.3) is 22.3 Å². The lowest BCUT2D eigenvalue weighted by molar-refractivity contribution is 0.602. The summed E-state index contributed by atoms with van der Waals surface area (Å²) >= 11 is 0. The predicted molar refractivity (Wildman–Crippen MR) is 103 cm³/mol. The van der Waals surface area contributed by atoms with E-state index in [1.54, 1.807) is 12.1 Å². The highest BCUT2D eigenvalue weighted by Crippen LogP contribution is 2.44. The Hall–Kier alpha value is -2.39. The number of aryl methyl sites for hydroxylation is 1. The van der Waals surface area contributed by atoms with Crippen LogP contribution in [0.2, 0.25) is 0 Å². The normalized spacial score (nSPS) is 12.8. The van der Waals surface area contributed by atoms with Gasteiger partial charge in [0.15, 0.2) is 9.84 Å². The monoisotopic (exact) mass is 348 g/mol. The topological polar surface area (TPSA) is 34.1 Å². The molecule has 3 aromatic carbocycles. The molecule has 0 spiro atoms. The first-order chi connectivity index (χ1) is 11.9. The summed E-state index contributed by atoms with van der Waals surface area (Å²) in [6, 6.07) is 18.1. The Morgan fingerprint density at radius 1 is 0.880 bits per heavy atom. The molecule has 0 saturated heterocycles. The van der Waals surface area contributed by atoms with Gasteiger partial charge < -0.3 is 0 Å². The van der Waals surface area contributed by atoms with Crippen LogP contribution >= 0.6 is 0 Å². The number of hydrogen-bond acceptors (Lipinski definition) is 2. The third-order valence-corrected chi connectivity index (χ3v) is 6.33. The lowest BCUT2D eigenvalue weighted by Gasteiger charge is -2.16. The van der Waals surface area contributed by atoms with Gasteiger partial charge >= 0.3 is 0 Å². The van der Waals surface area contributed by atoms with Gasteiger partial charge in [-0.3, -0.25) is 0 Å². The minimum Gasteiger partial charge on any atom is -0.224 e. The van der Waals surface area contributed by atoms with Crippen LogP contribution in [0.5, 0.6) is 0 Å². The molecule has 3 heteroatoms. The Morgan fingerprint density at radius 3 is 2.24 bits per heavy atom. The predicted octanol–water partition coefficient (Wildman–Crippen LogP) is 4.95. The summed E-state index contributed by atoms with van der Waals surface area (Å²) in [5.74, 6) is 0. The van der Waals surface area contributed by atoms with Crippen LogP contribution in [-0.2, 0) is 16.3 Å². The number of fused-ring (bicyclic) bond motifs is 3. The van der Waals surface area contributed by atoms with Crippen LogP contribution in [0.3, 0.4) is 0 Å². The second kappa shape index (κ2) is 5.57. The second-order valence-electron chi connectivity index (χ2n) is 6.85. The van der Waals surface area contributed by atoms with Crippen molar-refractivity contribution >= 4 is 9.84 Å². The van der Waals surface area contributed by atoms with Crippen molar-refractivity contribution in [1.82, 2.24) is 0 Å². The quantitative estimate of drug-likeness (QED) is 0.514. The van der Waals surface area contributed by atoms with Gasteiger partial charge in [0.05, 0.1) is 4.90 Å². The van der Waals surface area contributed by atoms with E-state index in [1.807, 2.05) is 12.1 Å². The highest BCUT2D eigenvalue weighted by atomic mass is 32.2. The van der Waals surface area contributed by atoms with E-state index in [4.69, 9.17) is 0 Å². The molecule has 126 valence electrons. The van der Waals surface area contributed by atoms with Crippen LogP contribution in [0, 0.1) is 13.8 Å². The fourth-order valence-corrected chi connectivity index (χ4v) is 4.41. The maximum atomic E-state index is 11.7. The van der Waals surface area contributed by atoms with E-state index in [9.17, 15) is 8.42 Å². The van der Waals surface area contributed by atoms with Crippen LogP contribution in [-0.4, -0.2) is 14.7 Å². The van der Waals surface area contributed by atoms with Gasteiger partial charge in [0.2, 0.25) is 0 Å². The molecule has 1 aliphatic rings. The van der Waals surface area contributed by atoms with Gasteiger partial charge in [-0.1, -0.05) is 42.5 Å². The zero-order chi connectivity index (χ0) is 17.8. The van der Waals surface area contributed by atoms with E-state index in [2.05, 4.69) is 44.2 Å². The van der Waals surface area contributed by atoms with E-state index in [1.165, 1.54) is 45.2 Å². The van der Waals surface area contributed by atoms with Gasteiger partial charge in [-0.2, -0.15) is 0 Å². The number of hydrogen-bond donors (Lipinski definition) is 0. The number of sulfone groups is 1. The van der Waals surface area contributed by atoms with Crippen molar-refractivity contribution in [2.45, 2.75) is 25.2 Å². The van der Waals surface area contributed by atoms with E-state index >= 15 is 0 Å². The average molecular weight is 348 g/mol. The van der Waals surface area contributed by atoms with Gasteiger partial charge in [0, 0.05) is 6.26 Å². The van der Waals surface area contributed by atoms with Gasteiger partial charge in [0.25, 0.3) is 0 Å². The number of rotatable bonds is 2. The zero-order valence-electron chi connectivity index (χ0n) is 14.6. The molecule has 0 aliphatic heterocycles. The lowest BCUT2D eigenvalue weighted by Crippen LogP contribution is -1.98. The molecule has 0 saturated carbocycles. The first-order valence-corrected chi connectivity index (χ1v) is 10.3. The first-order valence-electron chi connectivity index (χ1n) is 8.38. The van der Waals surface area contributed by atoms with E-state index < -0.39 is 9.84 Å². The maximum absolute atomic E-state index is 11.7. The van der Waals surface area contributed by atoms with Crippen molar-refractivity contribution in [3.63, 3.8) is 0 Å². The zero-order valence-corrected chi connectivity index (χ0v) is 15.4. The van der Waals surface area contributed by atoms with Crippen molar-refractivity contribution in [3.05, 3.63) is 76.9 Å². The highest BCUT2D eigenvalue weighted by molar-refractivity contribution is 7.90. The molecular formula is C22H20O2S. The summed E-state index contributed by atoms with van der Waals surface area (Å²) in [5, 5.41) is 0. The standard InChI is InChI=1S/C22H20O2S/c1-14-12-20-19-7-5-4-6-17(19)13-21(20)22(15(14)2)16-8-10-18(11-9-16)25(3,23)24/h4-12H,13H2,1-3H3. The molecule has 0 heterocycles. The molecule has 0 amide bonds. The molecule has 25 heavy (non-hydrogen) atoms.